The van der Waals surface area contributed by atoms with Crippen LogP contribution in [-0.4, -0.2) is 26.5 Å². The molecule has 0 aliphatic carbocycles. The van der Waals surface area contributed by atoms with Crippen molar-refractivity contribution in [3.8, 4) is 0 Å². The molecule has 0 atom stereocenters. The Morgan fingerprint density at radius 2 is 2.42 bits per heavy atom. The van der Waals surface area contributed by atoms with E-state index < -0.39 is 0 Å². The van der Waals surface area contributed by atoms with E-state index in [-0.39, 0.29) is 24.2 Å². The maximum Gasteiger partial charge on any atom is 0.142 e. The molecule has 0 unspecified atom stereocenters. The van der Waals surface area contributed by atoms with E-state index >= 15 is 0 Å². The van der Waals surface area contributed by atoms with Crippen LogP contribution in [0.1, 0.15) is 5.82 Å². The molecule has 0 aliphatic heterocycles. The Bertz CT molecular complexity index is 259. The molecule has 0 aliphatic rings. The molecule has 0 bridgehead atoms. The molecular formula is C6H10N3O3-. The highest BCUT2D eigenvalue weighted by atomic mass is 16.8. The van der Waals surface area contributed by atoms with Crippen LogP contribution in [-0.2, 0) is 6.54 Å². The van der Waals surface area contributed by atoms with Crippen LogP contribution in [0.3, 0.4) is 0 Å². The lowest BCUT2D eigenvalue weighted by molar-refractivity contribution is 0.262. The summed E-state index contributed by atoms with van der Waals surface area (Å²) in [6, 6.07) is 0. The first-order valence-corrected chi connectivity index (χ1v) is 3.46. The lowest BCUT2D eigenvalue weighted by Crippen LogP contribution is -2.15. The van der Waals surface area contributed by atoms with E-state index in [0.717, 1.165) is 0 Å². The van der Waals surface area contributed by atoms with Gasteiger partial charge in [-0.25, -0.2) is 4.98 Å². The van der Waals surface area contributed by atoms with E-state index in [1.807, 2.05) is 0 Å². The third kappa shape index (κ3) is 1.55. The number of aliphatic hydroxyl groups excluding tert-OH is 1. The van der Waals surface area contributed by atoms with Crippen LogP contribution < -0.4 is 5.23 Å². The first-order chi connectivity index (χ1) is 5.66. The van der Waals surface area contributed by atoms with E-state index in [0.29, 0.717) is 5.82 Å². The van der Waals surface area contributed by atoms with E-state index in [9.17, 15) is 5.21 Å². The highest BCUT2D eigenvalue weighted by Crippen LogP contribution is 2.13. The summed E-state index contributed by atoms with van der Waals surface area (Å²) in [5, 5.41) is 27.4. The number of hydrogen-bond acceptors (Lipinski definition) is 5. The zero-order chi connectivity index (χ0) is 9.14. The van der Waals surface area contributed by atoms with Crippen molar-refractivity contribution in [1.29, 1.82) is 0 Å². The van der Waals surface area contributed by atoms with Crippen LogP contribution in [0.4, 0.5) is 5.82 Å². The molecule has 68 valence electrons. The highest BCUT2D eigenvalue weighted by Gasteiger charge is 2.05. The van der Waals surface area contributed by atoms with Gasteiger partial charge in [-0.15, -0.1) is 0 Å². The van der Waals surface area contributed by atoms with Crippen molar-refractivity contribution in [2.75, 3.05) is 11.8 Å². The number of hydrogen-bond donors (Lipinski definition) is 2. The molecule has 0 fully saturated rings. The van der Waals surface area contributed by atoms with Crippen molar-refractivity contribution in [3.05, 3.63) is 17.2 Å². The molecule has 0 spiro atoms. The van der Waals surface area contributed by atoms with E-state index in [2.05, 4.69) is 4.98 Å². The van der Waals surface area contributed by atoms with Gasteiger partial charge in [-0.1, -0.05) is 0 Å². The van der Waals surface area contributed by atoms with Gasteiger partial charge in [0, 0.05) is 6.54 Å². The highest BCUT2D eigenvalue weighted by molar-refractivity contribution is 5.35. The predicted octanol–water partition coefficient (Wildman–Crippen LogP) is -0.123. The second kappa shape index (κ2) is 3.53. The quantitative estimate of drug-likeness (QED) is 0.621. The maximum absolute atomic E-state index is 10.5. The summed E-state index contributed by atoms with van der Waals surface area (Å²) >= 11 is 0. The standard InChI is InChI=1S/C6H10N3O3/c1-5-7-4-6(9(11)12)8(5)2-3-10/h4,10-11H,2-3H2,1H3/q-1. The van der Waals surface area contributed by atoms with Crippen molar-refractivity contribution < 1.29 is 10.3 Å². The van der Waals surface area contributed by atoms with Gasteiger partial charge in [0.2, 0.25) is 0 Å². The van der Waals surface area contributed by atoms with Crippen molar-refractivity contribution in [2.24, 2.45) is 0 Å². The molecule has 0 saturated carbocycles. The summed E-state index contributed by atoms with van der Waals surface area (Å²) in [6.07, 6.45) is 1.25. The van der Waals surface area contributed by atoms with Crippen molar-refractivity contribution in [1.82, 2.24) is 9.55 Å². The molecule has 6 nitrogen and oxygen atoms in total. The van der Waals surface area contributed by atoms with Gasteiger partial charge in [0.05, 0.1) is 12.8 Å². The Balaban J connectivity index is 2.95. The lowest BCUT2D eigenvalue weighted by atomic mass is 10.6. The Morgan fingerprint density at radius 1 is 1.75 bits per heavy atom. The molecule has 6 heteroatoms. The summed E-state index contributed by atoms with van der Waals surface area (Å²) in [6.45, 7) is 1.83. The number of aryl methyl sites for hydroxylation is 1. The number of rotatable bonds is 3. The Labute approximate surface area is 69.2 Å². The summed E-state index contributed by atoms with van der Waals surface area (Å²) in [5.74, 6) is 0.607. The second-order valence-corrected chi connectivity index (χ2v) is 2.31. The van der Waals surface area contributed by atoms with E-state index in [1.54, 1.807) is 6.92 Å². The summed E-state index contributed by atoms with van der Waals surface area (Å²) in [4.78, 5) is 3.81. The fourth-order valence-corrected chi connectivity index (χ4v) is 0.985. The molecule has 2 N–H and O–H groups in total. The van der Waals surface area contributed by atoms with Crippen molar-refractivity contribution in [3.63, 3.8) is 0 Å². The van der Waals surface area contributed by atoms with Gasteiger partial charge in [0.15, 0.2) is 0 Å². The minimum atomic E-state index is -0.268. The Morgan fingerprint density at radius 3 is 2.92 bits per heavy atom. The largest absolute Gasteiger partial charge is 0.732 e. The minimum absolute atomic E-state index is 0.0292. The predicted molar refractivity (Wildman–Crippen MR) is 41.7 cm³/mol. The topological polar surface area (TPSA) is 84.6 Å². The van der Waals surface area contributed by atoms with Gasteiger partial charge in [0.1, 0.15) is 11.6 Å². The maximum atomic E-state index is 10.5. The molecule has 1 heterocycles. The molecule has 0 aromatic carbocycles. The van der Waals surface area contributed by atoms with Crippen LogP contribution in [0, 0.1) is 12.1 Å². The van der Waals surface area contributed by atoms with Crippen LogP contribution in [0.15, 0.2) is 6.20 Å². The minimum Gasteiger partial charge on any atom is -0.732 e. The third-order valence-electron chi connectivity index (χ3n) is 1.55. The summed E-state index contributed by atoms with van der Waals surface area (Å²) in [5.41, 5.74) is 0. The normalized spacial score (nSPS) is 10.3. The number of nitrogens with zero attached hydrogens (tertiary/aromatic N) is 3. The average molecular weight is 172 g/mol. The molecule has 1 rings (SSSR count). The molecule has 1 aromatic rings. The molecular weight excluding hydrogens is 162 g/mol. The smallest absolute Gasteiger partial charge is 0.142 e. The summed E-state index contributed by atoms with van der Waals surface area (Å²) < 4.78 is 1.42. The summed E-state index contributed by atoms with van der Waals surface area (Å²) in [7, 11) is 0. The molecule has 12 heavy (non-hydrogen) atoms. The monoisotopic (exact) mass is 172 g/mol. The van der Waals surface area contributed by atoms with Gasteiger partial charge in [0.25, 0.3) is 0 Å². The van der Waals surface area contributed by atoms with Gasteiger partial charge < -0.3 is 20.1 Å². The molecule has 0 amide bonds. The Hall–Kier alpha value is -1.11. The van der Waals surface area contributed by atoms with Gasteiger partial charge in [-0.2, -0.15) is 0 Å². The van der Waals surface area contributed by atoms with Gasteiger partial charge >= 0.3 is 0 Å². The SMILES string of the molecule is Cc1ncc(N([O-])O)n1CCO. The first-order valence-electron chi connectivity index (χ1n) is 3.46. The number of aromatic nitrogens is 2. The lowest BCUT2D eigenvalue weighted by Gasteiger charge is -2.22. The van der Waals surface area contributed by atoms with E-state index in [4.69, 9.17) is 10.3 Å². The molecule has 0 saturated heterocycles. The zero-order valence-electron chi connectivity index (χ0n) is 6.64. The average Bonchev–Trinajstić information content (AvgIpc) is 2.34. The van der Waals surface area contributed by atoms with Crippen LogP contribution in [0.2, 0.25) is 0 Å². The fourth-order valence-electron chi connectivity index (χ4n) is 0.985. The van der Waals surface area contributed by atoms with Crippen LogP contribution >= 0.6 is 0 Å². The first kappa shape index (κ1) is 8.98. The molecule has 0 radical (unpaired) electrons. The molecule has 1 aromatic heterocycles. The van der Waals surface area contributed by atoms with Crippen molar-refractivity contribution >= 4 is 5.82 Å². The number of aliphatic hydroxyl groups is 1. The zero-order valence-corrected chi connectivity index (χ0v) is 6.64. The van der Waals surface area contributed by atoms with Crippen LogP contribution in [0.25, 0.3) is 0 Å². The fraction of sp³-hybridized carbons (Fsp3) is 0.500. The van der Waals surface area contributed by atoms with Gasteiger partial charge in [-0.3, -0.25) is 5.21 Å². The second-order valence-electron chi connectivity index (χ2n) is 2.31. The van der Waals surface area contributed by atoms with Crippen LogP contribution in [0.5, 0.6) is 0 Å². The van der Waals surface area contributed by atoms with Crippen molar-refractivity contribution in [2.45, 2.75) is 13.5 Å². The van der Waals surface area contributed by atoms with E-state index in [1.165, 1.54) is 10.8 Å². The number of anilines is 1. The van der Waals surface area contributed by atoms with Gasteiger partial charge in [-0.05, 0) is 6.92 Å². The Kier molecular flexibility index (Phi) is 2.64. The third-order valence-corrected chi connectivity index (χ3v) is 1.55. The number of imidazole rings is 1.